The van der Waals surface area contributed by atoms with E-state index in [4.69, 9.17) is 5.11 Å². The summed E-state index contributed by atoms with van der Waals surface area (Å²) < 4.78 is 13.4. The lowest BCUT2D eigenvalue weighted by atomic mass is 10.2. The second kappa shape index (κ2) is 5.79. The summed E-state index contributed by atoms with van der Waals surface area (Å²) in [5, 5.41) is 11.2. The van der Waals surface area contributed by atoms with E-state index in [1.807, 2.05) is 0 Å². The van der Waals surface area contributed by atoms with Crippen LogP contribution in [-0.4, -0.2) is 22.0 Å². The molecule has 20 heavy (non-hydrogen) atoms. The molecule has 1 aromatic carbocycles. The fraction of sp³-hybridized carbons (Fsp3) is 0. The Morgan fingerprint density at radius 2 is 2.00 bits per heavy atom. The Labute approximate surface area is 121 Å². The Morgan fingerprint density at radius 3 is 2.60 bits per heavy atom. The number of amides is 1. The summed E-state index contributed by atoms with van der Waals surface area (Å²) in [6.45, 7) is 0. The van der Waals surface area contributed by atoms with Crippen molar-refractivity contribution in [1.82, 2.24) is 4.98 Å². The molecule has 0 atom stereocenters. The van der Waals surface area contributed by atoms with Gasteiger partial charge in [-0.05, 0) is 40.2 Å². The second-order valence-electron chi connectivity index (χ2n) is 3.79. The summed E-state index contributed by atoms with van der Waals surface area (Å²) >= 11 is 3.00. The van der Waals surface area contributed by atoms with Gasteiger partial charge in [-0.2, -0.15) is 0 Å². The number of aromatic nitrogens is 1. The molecule has 5 nitrogen and oxygen atoms in total. The number of carboxylic acid groups (broad SMARTS) is 1. The summed E-state index contributed by atoms with van der Waals surface area (Å²) in [5.41, 5.74) is 0.318. The number of pyridine rings is 1. The second-order valence-corrected chi connectivity index (χ2v) is 4.59. The molecule has 1 heterocycles. The minimum atomic E-state index is -1.16. The van der Waals surface area contributed by atoms with E-state index in [9.17, 15) is 14.0 Å². The number of nitrogens with zero attached hydrogens (tertiary/aromatic N) is 1. The van der Waals surface area contributed by atoms with E-state index >= 15 is 0 Å². The van der Waals surface area contributed by atoms with Crippen LogP contribution in [0.2, 0.25) is 0 Å². The molecule has 2 rings (SSSR count). The molecule has 0 aliphatic rings. The molecule has 0 unspecified atom stereocenters. The highest BCUT2D eigenvalue weighted by atomic mass is 79.9. The molecular weight excluding hydrogens is 331 g/mol. The molecule has 0 saturated carbocycles. The monoisotopic (exact) mass is 338 g/mol. The Balaban J connectivity index is 2.19. The number of nitrogens with one attached hydrogen (secondary N) is 1. The van der Waals surface area contributed by atoms with Gasteiger partial charge in [0.1, 0.15) is 11.5 Å². The van der Waals surface area contributed by atoms with Gasteiger partial charge in [0.05, 0.1) is 21.9 Å². The van der Waals surface area contributed by atoms with Crippen LogP contribution in [0.3, 0.4) is 0 Å². The maximum atomic E-state index is 13.3. The predicted octanol–water partition coefficient (Wildman–Crippen LogP) is 2.93. The van der Waals surface area contributed by atoms with Crippen molar-refractivity contribution < 1.29 is 19.1 Å². The maximum absolute atomic E-state index is 13.3. The number of aromatic carboxylic acids is 1. The first-order valence-corrected chi connectivity index (χ1v) is 6.23. The average molecular weight is 339 g/mol. The van der Waals surface area contributed by atoms with Crippen LogP contribution >= 0.6 is 15.9 Å². The van der Waals surface area contributed by atoms with Crippen LogP contribution in [0.4, 0.5) is 10.1 Å². The highest BCUT2D eigenvalue weighted by Gasteiger charge is 2.13. The summed E-state index contributed by atoms with van der Waals surface area (Å²) in [6.07, 6.45) is 1.22. The van der Waals surface area contributed by atoms with Gasteiger partial charge in [0.25, 0.3) is 5.91 Å². The number of rotatable bonds is 3. The van der Waals surface area contributed by atoms with Crippen LogP contribution in [0, 0.1) is 5.82 Å². The zero-order valence-corrected chi connectivity index (χ0v) is 11.5. The van der Waals surface area contributed by atoms with Gasteiger partial charge in [-0.3, -0.25) is 4.79 Å². The third kappa shape index (κ3) is 3.00. The molecule has 1 aromatic heterocycles. The molecule has 7 heteroatoms. The minimum Gasteiger partial charge on any atom is -0.477 e. The SMILES string of the molecule is O=C(O)c1ccc(NC(=O)c2cccc(F)c2Br)cn1. The number of benzene rings is 1. The molecule has 1 amide bonds. The molecule has 0 aliphatic carbocycles. The number of anilines is 1. The van der Waals surface area contributed by atoms with E-state index < -0.39 is 17.7 Å². The van der Waals surface area contributed by atoms with Crippen molar-refractivity contribution in [1.29, 1.82) is 0 Å². The number of hydrogen-bond donors (Lipinski definition) is 2. The van der Waals surface area contributed by atoms with Crippen LogP contribution in [0.25, 0.3) is 0 Å². The predicted molar refractivity (Wildman–Crippen MR) is 73.2 cm³/mol. The smallest absolute Gasteiger partial charge is 0.354 e. The standard InChI is InChI=1S/C13H8BrFN2O3/c14-11-8(2-1-3-9(11)15)12(18)17-7-4-5-10(13(19)20)16-6-7/h1-6H,(H,17,18)(H,19,20). The fourth-order valence-electron chi connectivity index (χ4n) is 1.47. The third-order valence-corrected chi connectivity index (χ3v) is 3.24. The van der Waals surface area contributed by atoms with Crippen LogP contribution < -0.4 is 5.32 Å². The zero-order valence-electron chi connectivity index (χ0n) is 9.93. The zero-order chi connectivity index (χ0) is 14.7. The molecular formula is C13H8BrFN2O3. The largest absolute Gasteiger partial charge is 0.477 e. The summed E-state index contributed by atoms with van der Waals surface area (Å²) in [4.78, 5) is 26.3. The van der Waals surface area contributed by atoms with Crippen LogP contribution in [0.5, 0.6) is 0 Å². The lowest BCUT2D eigenvalue weighted by Crippen LogP contribution is -2.13. The van der Waals surface area contributed by atoms with Gasteiger partial charge in [-0.15, -0.1) is 0 Å². The number of carboxylic acids is 1. The van der Waals surface area contributed by atoms with Crippen molar-refractivity contribution in [3.05, 3.63) is 58.1 Å². The van der Waals surface area contributed by atoms with E-state index in [0.29, 0.717) is 5.69 Å². The van der Waals surface area contributed by atoms with E-state index in [0.717, 1.165) is 0 Å². The van der Waals surface area contributed by atoms with Gasteiger partial charge >= 0.3 is 5.97 Å². The van der Waals surface area contributed by atoms with Crippen LogP contribution in [0.15, 0.2) is 41.0 Å². The molecule has 0 saturated heterocycles. The van der Waals surface area contributed by atoms with Crippen molar-refractivity contribution >= 4 is 33.5 Å². The average Bonchev–Trinajstić information content (AvgIpc) is 2.42. The third-order valence-electron chi connectivity index (χ3n) is 2.44. The van der Waals surface area contributed by atoms with E-state index in [-0.39, 0.29) is 15.7 Å². The van der Waals surface area contributed by atoms with Crippen LogP contribution in [-0.2, 0) is 0 Å². The van der Waals surface area contributed by atoms with Crippen molar-refractivity contribution in [3.63, 3.8) is 0 Å². The molecule has 0 radical (unpaired) electrons. The molecule has 0 spiro atoms. The number of hydrogen-bond acceptors (Lipinski definition) is 3. The number of carbonyl (C=O) groups excluding carboxylic acids is 1. The highest BCUT2D eigenvalue weighted by molar-refractivity contribution is 9.10. The van der Waals surface area contributed by atoms with E-state index in [1.165, 1.54) is 36.5 Å². The van der Waals surface area contributed by atoms with Gasteiger partial charge in [-0.25, -0.2) is 14.2 Å². The van der Waals surface area contributed by atoms with Crippen LogP contribution in [0.1, 0.15) is 20.8 Å². The number of halogens is 2. The molecule has 0 aliphatic heterocycles. The first-order chi connectivity index (χ1) is 9.49. The Kier molecular flexibility index (Phi) is 4.09. The summed E-state index contributed by atoms with van der Waals surface area (Å²) in [5.74, 6) is -2.23. The van der Waals surface area contributed by atoms with Crippen molar-refractivity contribution in [2.75, 3.05) is 5.32 Å². The quantitative estimate of drug-likeness (QED) is 0.901. The Morgan fingerprint density at radius 1 is 1.25 bits per heavy atom. The summed E-state index contributed by atoms with van der Waals surface area (Å²) in [7, 11) is 0. The van der Waals surface area contributed by atoms with Crippen molar-refractivity contribution in [2.45, 2.75) is 0 Å². The van der Waals surface area contributed by atoms with Crippen molar-refractivity contribution in [2.24, 2.45) is 0 Å². The highest BCUT2D eigenvalue weighted by Crippen LogP contribution is 2.21. The molecule has 0 fully saturated rings. The first-order valence-electron chi connectivity index (χ1n) is 5.44. The van der Waals surface area contributed by atoms with Gasteiger partial charge in [-0.1, -0.05) is 6.07 Å². The normalized spacial score (nSPS) is 10.1. The van der Waals surface area contributed by atoms with Gasteiger partial charge in [0, 0.05) is 0 Å². The molecule has 102 valence electrons. The van der Waals surface area contributed by atoms with E-state index in [1.54, 1.807) is 0 Å². The van der Waals surface area contributed by atoms with Gasteiger partial charge in [0.2, 0.25) is 0 Å². The van der Waals surface area contributed by atoms with E-state index in [2.05, 4.69) is 26.2 Å². The number of carbonyl (C=O) groups is 2. The Hall–Kier alpha value is -2.28. The Bertz CT molecular complexity index is 674. The fourth-order valence-corrected chi connectivity index (χ4v) is 1.92. The minimum absolute atomic E-state index is 0.0626. The lowest BCUT2D eigenvalue weighted by Gasteiger charge is -2.07. The maximum Gasteiger partial charge on any atom is 0.354 e. The molecule has 2 aromatic rings. The molecule has 0 bridgehead atoms. The summed E-state index contributed by atoms with van der Waals surface area (Å²) in [6, 6.07) is 6.77. The van der Waals surface area contributed by atoms with Gasteiger partial charge < -0.3 is 10.4 Å². The van der Waals surface area contributed by atoms with Gasteiger partial charge in [0.15, 0.2) is 0 Å². The van der Waals surface area contributed by atoms with Crippen molar-refractivity contribution in [3.8, 4) is 0 Å². The first kappa shape index (κ1) is 14.1. The topological polar surface area (TPSA) is 79.3 Å². The lowest BCUT2D eigenvalue weighted by molar-refractivity contribution is 0.0690. The molecule has 2 N–H and O–H groups in total.